The minimum atomic E-state index is -3.97. The minimum Gasteiger partial charge on any atom is -0.455 e. The molecule has 0 saturated carbocycles. The van der Waals surface area contributed by atoms with Crippen molar-refractivity contribution >= 4 is 58.0 Å². The highest BCUT2D eigenvalue weighted by Gasteiger charge is 2.18. The quantitative estimate of drug-likeness (QED) is 0.652. The van der Waals surface area contributed by atoms with Crippen LogP contribution in [0.2, 0.25) is 5.02 Å². The SMILES string of the molecule is CS(=O)(=O)c1ccc(Oc2ccc(S(=O)(=O)Cl)cc2Cl)c(C(=O)Cl)c1. The number of sulfone groups is 1. The molecule has 0 spiro atoms. The maximum absolute atomic E-state index is 11.6. The number of benzene rings is 2. The van der Waals surface area contributed by atoms with Crippen molar-refractivity contribution in [2.75, 3.05) is 6.26 Å². The van der Waals surface area contributed by atoms with E-state index in [9.17, 15) is 21.6 Å². The van der Waals surface area contributed by atoms with Gasteiger partial charge in [-0.05, 0) is 48.0 Å². The smallest absolute Gasteiger partial charge is 0.261 e. The molecule has 25 heavy (non-hydrogen) atoms. The van der Waals surface area contributed by atoms with E-state index in [-0.39, 0.29) is 31.9 Å². The molecule has 0 atom stereocenters. The zero-order valence-corrected chi connectivity index (χ0v) is 16.3. The van der Waals surface area contributed by atoms with Gasteiger partial charge in [0.05, 0.1) is 20.4 Å². The molecule has 0 bridgehead atoms. The Balaban J connectivity index is 2.49. The molecule has 2 rings (SSSR count). The fourth-order valence-electron chi connectivity index (χ4n) is 1.82. The van der Waals surface area contributed by atoms with Crippen molar-refractivity contribution in [3.8, 4) is 11.5 Å². The third-order valence-electron chi connectivity index (χ3n) is 3.00. The molecule has 6 nitrogen and oxygen atoms in total. The van der Waals surface area contributed by atoms with E-state index < -0.39 is 24.1 Å². The van der Waals surface area contributed by atoms with Gasteiger partial charge >= 0.3 is 0 Å². The molecule has 0 fully saturated rings. The molecule has 0 aliphatic heterocycles. The van der Waals surface area contributed by atoms with Gasteiger partial charge in [0.2, 0.25) is 0 Å². The summed E-state index contributed by atoms with van der Waals surface area (Å²) in [6.45, 7) is 0. The Labute approximate surface area is 158 Å². The van der Waals surface area contributed by atoms with Crippen molar-refractivity contribution in [3.63, 3.8) is 0 Å². The number of hydrogen-bond acceptors (Lipinski definition) is 6. The van der Waals surface area contributed by atoms with Gasteiger partial charge in [0.15, 0.2) is 9.84 Å². The fourth-order valence-corrected chi connectivity index (χ4v) is 3.67. The van der Waals surface area contributed by atoms with E-state index in [1.807, 2.05) is 0 Å². The van der Waals surface area contributed by atoms with Crippen molar-refractivity contribution in [1.82, 2.24) is 0 Å². The molecule has 0 aromatic heterocycles. The first-order valence-corrected chi connectivity index (χ1v) is 11.3. The lowest BCUT2D eigenvalue weighted by Gasteiger charge is -2.12. The molecule has 0 aliphatic carbocycles. The highest BCUT2D eigenvalue weighted by atomic mass is 35.7. The largest absolute Gasteiger partial charge is 0.455 e. The Bertz CT molecular complexity index is 1060. The Morgan fingerprint density at radius 2 is 1.52 bits per heavy atom. The first-order valence-electron chi connectivity index (χ1n) is 6.35. The molecule has 0 saturated heterocycles. The summed E-state index contributed by atoms with van der Waals surface area (Å²) in [7, 11) is -2.30. The molecule has 0 radical (unpaired) electrons. The van der Waals surface area contributed by atoms with E-state index in [4.69, 9.17) is 38.6 Å². The second-order valence-corrected chi connectivity index (χ2v) is 10.2. The van der Waals surface area contributed by atoms with Crippen molar-refractivity contribution in [1.29, 1.82) is 0 Å². The van der Waals surface area contributed by atoms with Gasteiger partial charge in [-0.25, -0.2) is 16.8 Å². The van der Waals surface area contributed by atoms with Crippen molar-refractivity contribution in [3.05, 3.63) is 47.0 Å². The number of carbonyl (C=O) groups excluding carboxylic acids is 1. The van der Waals surface area contributed by atoms with Gasteiger partial charge in [0.25, 0.3) is 14.3 Å². The van der Waals surface area contributed by atoms with Crippen LogP contribution in [0.25, 0.3) is 0 Å². The predicted molar refractivity (Wildman–Crippen MR) is 94.3 cm³/mol. The summed E-state index contributed by atoms with van der Waals surface area (Å²) >= 11 is 11.4. The van der Waals surface area contributed by atoms with Gasteiger partial charge in [-0.15, -0.1) is 0 Å². The Morgan fingerprint density at radius 3 is 2.00 bits per heavy atom. The summed E-state index contributed by atoms with van der Waals surface area (Å²) in [6, 6.07) is 7.03. The van der Waals surface area contributed by atoms with Gasteiger partial charge in [-0.1, -0.05) is 11.6 Å². The highest BCUT2D eigenvalue weighted by molar-refractivity contribution is 8.13. The van der Waals surface area contributed by atoms with Gasteiger partial charge in [-0.2, -0.15) is 0 Å². The molecular formula is C14H9Cl3O6S2. The Morgan fingerprint density at radius 1 is 0.960 bits per heavy atom. The molecule has 11 heteroatoms. The van der Waals surface area contributed by atoms with Gasteiger partial charge in [0.1, 0.15) is 11.5 Å². The molecule has 0 amide bonds. The Hall–Kier alpha value is -1.32. The standard InChI is InChI=1S/C14H9Cl3O6S2/c1-24(19,20)8-2-4-12(10(6-8)14(16)18)23-13-5-3-9(7-11(13)15)25(17,21)22/h2-7H,1H3. The van der Waals surface area contributed by atoms with E-state index >= 15 is 0 Å². The average molecular weight is 444 g/mol. The van der Waals surface area contributed by atoms with Crippen LogP contribution in [0.5, 0.6) is 11.5 Å². The van der Waals surface area contributed by atoms with Crippen LogP contribution in [0, 0.1) is 0 Å². The fraction of sp³-hybridized carbons (Fsp3) is 0.0714. The topological polar surface area (TPSA) is 94.6 Å². The van der Waals surface area contributed by atoms with Crippen LogP contribution in [0.4, 0.5) is 0 Å². The zero-order valence-electron chi connectivity index (χ0n) is 12.4. The monoisotopic (exact) mass is 442 g/mol. The summed E-state index contributed by atoms with van der Waals surface area (Å²) in [6.07, 6.45) is 0.980. The summed E-state index contributed by atoms with van der Waals surface area (Å²) in [5.41, 5.74) is -0.185. The second-order valence-electron chi connectivity index (χ2n) is 4.84. The predicted octanol–water partition coefficient (Wildman–Crippen LogP) is 3.84. The van der Waals surface area contributed by atoms with E-state index in [2.05, 4.69) is 0 Å². The lowest BCUT2D eigenvalue weighted by molar-refractivity contribution is 0.107. The van der Waals surface area contributed by atoms with Crippen LogP contribution in [0.15, 0.2) is 46.2 Å². The zero-order chi connectivity index (χ0) is 19.0. The first-order chi connectivity index (χ1) is 11.4. The van der Waals surface area contributed by atoms with Crippen molar-refractivity contribution < 1.29 is 26.4 Å². The third-order valence-corrected chi connectivity index (χ3v) is 5.96. The number of hydrogen-bond donors (Lipinski definition) is 0. The van der Waals surface area contributed by atoms with Crippen LogP contribution >= 0.6 is 33.9 Å². The lowest BCUT2D eigenvalue weighted by atomic mass is 10.2. The van der Waals surface area contributed by atoms with E-state index in [1.54, 1.807) is 0 Å². The van der Waals surface area contributed by atoms with Crippen LogP contribution in [-0.4, -0.2) is 28.3 Å². The molecule has 0 unspecified atom stereocenters. The van der Waals surface area contributed by atoms with Crippen molar-refractivity contribution in [2.45, 2.75) is 9.79 Å². The molecule has 0 heterocycles. The summed E-state index contributed by atoms with van der Waals surface area (Å²) in [5.74, 6) is -0.0206. The molecule has 134 valence electrons. The maximum Gasteiger partial charge on any atom is 0.261 e. The molecule has 2 aromatic rings. The number of rotatable bonds is 5. The van der Waals surface area contributed by atoms with Gasteiger partial charge in [-0.3, -0.25) is 4.79 Å². The van der Waals surface area contributed by atoms with Crippen LogP contribution in [0.1, 0.15) is 10.4 Å². The maximum atomic E-state index is 11.6. The second kappa shape index (κ2) is 7.13. The summed E-state index contributed by atoms with van der Waals surface area (Å²) in [4.78, 5) is 11.2. The first kappa shape index (κ1) is 20.0. The molecule has 0 aliphatic rings. The summed E-state index contributed by atoms with van der Waals surface area (Å²) < 4.78 is 51.2. The van der Waals surface area contributed by atoms with E-state index in [1.165, 1.54) is 18.2 Å². The van der Waals surface area contributed by atoms with Crippen LogP contribution in [0.3, 0.4) is 0 Å². The molecule has 2 aromatic carbocycles. The van der Waals surface area contributed by atoms with Crippen LogP contribution < -0.4 is 4.74 Å². The number of ether oxygens (including phenoxy) is 1. The summed E-state index contributed by atoms with van der Waals surface area (Å²) in [5, 5.41) is -1.02. The molecular weight excluding hydrogens is 435 g/mol. The Kier molecular flexibility index (Phi) is 5.70. The van der Waals surface area contributed by atoms with E-state index in [0.29, 0.717) is 0 Å². The van der Waals surface area contributed by atoms with Crippen molar-refractivity contribution in [2.24, 2.45) is 0 Å². The van der Waals surface area contributed by atoms with Crippen LogP contribution in [-0.2, 0) is 18.9 Å². The number of carbonyl (C=O) groups is 1. The van der Waals surface area contributed by atoms with E-state index in [0.717, 1.165) is 24.5 Å². The highest BCUT2D eigenvalue weighted by Crippen LogP contribution is 2.35. The minimum absolute atomic E-state index is 0.0250. The third kappa shape index (κ3) is 4.86. The normalized spacial score (nSPS) is 12.0. The van der Waals surface area contributed by atoms with Gasteiger partial charge in [0, 0.05) is 16.9 Å². The molecule has 0 N–H and O–H groups in total. The average Bonchev–Trinajstić information content (AvgIpc) is 2.47. The van der Waals surface area contributed by atoms with Gasteiger partial charge < -0.3 is 4.74 Å². The number of halogens is 3. The lowest BCUT2D eigenvalue weighted by Crippen LogP contribution is -2.02.